The van der Waals surface area contributed by atoms with Crippen LogP contribution in [-0.2, 0) is 5.41 Å². The zero-order chi connectivity index (χ0) is 13.5. The molecule has 1 aromatic carbocycles. The van der Waals surface area contributed by atoms with Gasteiger partial charge in [-0.1, -0.05) is 50.1 Å². The molecular weight excluding hydrogens is 240 g/mol. The van der Waals surface area contributed by atoms with E-state index in [-0.39, 0.29) is 0 Å². The van der Waals surface area contributed by atoms with E-state index in [1.165, 1.54) is 38.5 Å². The van der Waals surface area contributed by atoms with Gasteiger partial charge in [0.05, 0.1) is 0 Å². The molecule has 5 fully saturated rings. The van der Waals surface area contributed by atoms with Crippen molar-refractivity contribution in [2.24, 2.45) is 16.2 Å². The molecule has 4 atom stereocenters. The second-order valence-corrected chi connectivity index (χ2v) is 8.87. The van der Waals surface area contributed by atoms with Gasteiger partial charge in [0.25, 0.3) is 0 Å². The molecule has 5 aliphatic rings. The molecule has 0 nitrogen and oxygen atoms in total. The molecule has 4 bridgehead atoms. The molecule has 2 unspecified atom stereocenters. The Balaban J connectivity index is 1.55. The molecule has 5 aliphatic carbocycles. The summed E-state index contributed by atoms with van der Waals surface area (Å²) in [5.74, 6) is 0. The molecule has 6 rings (SSSR count). The minimum absolute atomic E-state index is 0.573. The van der Waals surface area contributed by atoms with E-state index < -0.39 is 0 Å². The van der Waals surface area contributed by atoms with E-state index in [0.717, 1.165) is 16.2 Å². The van der Waals surface area contributed by atoms with Gasteiger partial charge in [0.2, 0.25) is 0 Å². The van der Waals surface area contributed by atoms with E-state index in [4.69, 9.17) is 0 Å². The van der Waals surface area contributed by atoms with Gasteiger partial charge in [0.15, 0.2) is 0 Å². The van der Waals surface area contributed by atoms with Crippen molar-refractivity contribution in [3.63, 3.8) is 0 Å². The molecule has 0 heteroatoms. The van der Waals surface area contributed by atoms with Gasteiger partial charge in [-0.3, -0.25) is 0 Å². The Hall–Kier alpha value is -0.780. The van der Waals surface area contributed by atoms with Crippen LogP contribution in [0.1, 0.15) is 70.3 Å². The smallest absolute Gasteiger partial charge is 0.00307 e. The number of unbranched alkanes of at least 4 members (excludes halogenated alkanes) is 1. The van der Waals surface area contributed by atoms with Gasteiger partial charge in [-0.25, -0.2) is 0 Å². The minimum Gasteiger partial charge on any atom is -0.0654 e. The van der Waals surface area contributed by atoms with Crippen molar-refractivity contribution in [3.8, 4) is 0 Å². The Labute approximate surface area is 123 Å². The fourth-order valence-corrected chi connectivity index (χ4v) is 7.47. The first kappa shape index (κ1) is 11.8. The average molecular weight is 266 g/mol. The normalized spacial score (nSPS) is 50.5. The molecule has 0 heterocycles. The maximum absolute atomic E-state index is 2.42. The van der Waals surface area contributed by atoms with Gasteiger partial charge in [0.1, 0.15) is 0 Å². The summed E-state index contributed by atoms with van der Waals surface area (Å²) >= 11 is 0. The third-order valence-electron chi connectivity index (χ3n) is 7.62. The quantitative estimate of drug-likeness (QED) is 0.678. The monoisotopic (exact) mass is 266 g/mol. The van der Waals surface area contributed by atoms with Crippen molar-refractivity contribution in [2.75, 3.05) is 0 Å². The van der Waals surface area contributed by atoms with Crippen molar-refractivity contribution in [1.29, 1.82) is 0 Å². The summed E-state index contributed by atoms with van der Waals surface area (Å²) in [5.41, 5.74) is 4.58. The van der Waals surface area contributed by atoms with Crippen molar-refractivity contribution < 1.29 is 0 Å². The molecule has 0 amide bonds. The van der Waals surface area contributed by atoms with Crippen LogP contribution in [0.15, 0.2) is 30.3 Å². The highest BCUT2D eigenvalue weighted by atomic mass is 14.9. The highest BCUT2D eigenvalue weighted by molar-refractivity contribution is 5.42. The number of hydrogen-bond donors (Lipinski definition) is 0. The van der Waals surface area contributed by atoms with E-state index in [1.807, 2.05) is 0 Å². The molecule has 0 aromatic heterocycles. The predicted octanol–water partition coefficient (Wildman–Crippen LogP) is 5.47. The molecule has 0 radical (unpaired) electrons. The lowest BCUT2D eigenvalue weighted by Gasteiger charge is -2.51. The van der Waals surface area contributed by atoms with Crippen molar-refractivity contribution in [1.82, 2.24) is 0 Å². The fraction of sp³-hybridized carbons (Fsp3) is 0.700. The second-order valence-electron chi connectivity index (χ2n) is 8.87. The van der Waals surface area contributed by atoms with Gasteiger partial charge in [-0.05, 0) is 72.2 Å². The predicted molar refractivity (Wildman–Crippen MR) is 82.6 cm³/mol. The molecular formula is C20H26. The lowest BCUT2D eigenvalue weighted by Crippen LogP contribution is -2.42. The Kier molecular flexibility index (Phi) is 1.98. The van der Waals surface area contributed by atoms with Crippen molar-refractivity contribution in [3.05, 3.63) is 35.9 Å². The van der Waals surface area contributed by atoms with Crippen molar-refractivity contribution in [2.45, 2.75) is 70.1 Å². The van der Waals surface area contributed by atoms with Gasteiger partial charge in [-0.2, -0.15) is 0 Å². The largest absolute Gasteiger partial charge is 0.0654 e. The number of hydrogen-bond acceptors (Lipinski definition) is 0. The zero-order valence-electron chi connectivity index (χ0n) is 12.8. The Morgan fingerprint density at radius 1 is 0.850 bits per heavy atom. The molecule has 0 saturated heterocycles. The summed E-state index contributed by atoms with van der Waals surface area (Å²) in [5, 5.41) is 0. The van der Waals surface area contributed by atoms with E-state index in [1.54, 1.807) is 24.8 Å². The fourth-order valence-electron chi connectivity index (χ4n) is 7.47. The van der Waals surface area contributed by atoms with Crippen LogP contribution in [0.25, 0.3) is 0 Å². The van der Waals surface area contributed by atoms with Gasteiger partial charge >= 0.3 is 0 Å². The summed E-state index contributed by atoms with van der Waals surface area (Å²) < 4.78 is 0. The van der Waals surface area contributed by atoms with Gasteiger partial charge < -0.3 is 0 Å². The molecule has 106 valence electrons. The first-order valence-corrected chi connectivity index (χ1v) is 8.71. The van der Waals surface area contributed by atoms with Crippen LogP contribution in [0, 0.1) is 16.2 Å². The number of rotatable bonds is 4. The minimum atomic E-state index is 0.573. The van der Waals surface area contributed by atoms with Crippen molar-refractivity contribution >= 4 is 0 Å². The first-order chi connectivity index (χ1) is 9.66. The second kappa shape index (κ2) is 3.34. The van der Waals surface area contributed by atoms with E-state index in [9.17, 15) is 0 Å². The third kappa shape index (κ3) is 1.21. The van der Waals surface area contributed by atoms with Crippen LogP contribution in [-0.4, -0.2) is 0 Å². The van der Waals surface area contributed by atoms with E-state index in [2.05, 4.69) is 37.3 Å². The lowest BCUT2D eigenvalue weighted by molar-refractivity contribution is 0.0517. The molecule has 0 N–H and O–H groups in total. The first-order valence-electron chi connectivity index (χ1n) is 8.71. The van der Waals surface area contributed by atoms with Gasteiger partial charge in [-0.15, -0.1) is 0 Å². The highest BCUT2D eigenvalue weighted by Crippen LogP contribution is 2.93. The average Bonchev–Trinajstić information content (AvgIpc) is 2.84. The molecule has 2 spiro atoms. The molecule has 0 aliphatic heterocycles. The number of benzene rings is 1. The van der Waals surface area contributed by atoms with Crippen LogP contribution in [0.5, 0.6) is 0 Å². The Morgan fingerprint density at radius 2 is 1.55 bits per heavy atom. The summed E-state index contributed by atoms with van der Waals surface area (Å²) in [6, 6.07) is 11.6. The Morgan fingerprint density at radius 3 is 2.20 bits per heavy atom. The topological polar surface area (TPSA) is 0 Å². The Bertz CT molecular complexity index is 537. The van der Waals surface area contributed by atoms with Gasteiger partial charge in [0, 0.05) is 0 Å². The summed E-state index contributed by atoms with van der Waals surface area (Å²) in [6.45, 7) is 2.36. The summed E-state index contributed by atoms with van der Waals surface area (Å²) in [7, 11) is 0. The summed E-state index contributed by atoms with van der Waals surface area (Å²) in [4.78, 5) is 0. The van der Waals surface area contributed by atoms with E-state index in [0.29, 0.717) is 5.41 Å². The van der Waals surface area contributed by atoms with Crippen LogP contribution in [0.2, 0.25) is 0 Å². The SMILES string of the molecule is CCCCC12CC3(c4ccccc4)C[C@@]4(C1)C[C@@]4(C2)C3. The molecule has 1 aromatic rings. The maximum Gasteiger partial charge on any atom is -0.00307 e. The third-order valence-corrected chi connectivity index (χ3v) is 7.62. The summed E-state index contributed by atoms with van der Waals surface area (Å²) in [6.07, 6.45) is 13.7. The molecule has 20 heavy (non-hydrogen) atoms. The maximum atomic E-state index is 2.42. The van der Waals surface area contributed by atoms with E-state index >= 15 is 0 Å². The lowest BCUT2D eigenvalue weighted by atomic mass is 9.53. The van der Waals surface area contributed by atoms with Crippen LogP contribution in [0.4, 0.5) is 0 Å². The highest BCUT2D eigenvalue weighted by Gasteiger charge is 2.84. The standard InChI is InChI=1S/C20H26/c1-2-3-9-17-10-18(16-7-5-4-6-8-16)13-19(11-17)15-20(19,12-17)14-18/h4-8H,2-3,9-15H2,1H3/t17?,18?,19-,20+. The zero-order valence-corrected chi connectivity index (χ0v) is 12.8. The molecule has 5 saturated carbocycles. The van der Waals surface area contributed by atoms with Crippen LogP contribution in [0.3, 0.4) is 0 Å². The van der Waals surface area contributed by atoms with Crippen LogP contribution < -0.4 is 0 Å². The van der Waals surface area contributed by atoms with Crippen LogP contribution >= 0.6 is 0 Å².